The highest BCUT2D eigenvalue weighted by atomic mass is 31.2. The molecule has 1 atom stereocenters. The molecule has 9 heteroatoms. The van der Waals surface area contributed by atoms with Gasteiger partial charge in [-0.1, -0.05) is 67.9 Å². The molecule has 0 unspecified atom stereocenters. The lowest BCUT2D eigenvalue weighted by atomic mass is 10.00. The highest BCUT2D eigenvalue weighted by molar-refractivity contribution is 7.51. The third-order valence-electron chi connectivity index (χ3n) is 4.60. The molecular weight excluding hydrogens is 419 g/mol. The van der Waals surface area contributed by atoms with E-state index in [1.54, 1.807) is 26.0 Å². The van der Waals surface area contributed by atoms with E-state index in [-0.39, 0.29) is 18.9 Å². The molecule has 2 aromatic rings. The number of hydrogen-bond donors (Lipinski definition) is 4. The van der Waals surface area contributed by atoms with Gasteiger partial charge >= 0.3 is 19.6 Å². The molecule has 0 spiro atoms. The Balaban J connectivity index is 2.11. The summed E-state index contributed by atoms with van der Waals surface area (Å²) in [6, 6.07) is 13.4. The summed E-state index contributed by atoms with van der Waals surface area (Å²) in [6.45, 7) is 5.69. The molecule has 0 fully saturated rings. The van der Waals surface area contributed by atoms with Crippen LogP contribution in [-0.4, -0.2) is 50.7 Å². The summed E-state index contributed by atoms with van der Waals surface area (Å²) in [6.07, 6.45) is -0.727. The summed E-state index contributed by atoms with van der Waals surface area (Å²) < 4.78 is 11.4. The first-order chi connectivity index (χ1) is 14.4. The summed E-state index contributed by atoms with van der Waals surface area (Å²) >= 11 is 0. The monoisotopic (exact) mass is 448 g/mol. The number of nitrogens with one attached hydrogen (secondary N) is 1. The van der Waals surface area contributed by atoms with Crippen LogP contribution in [0.3, 0.4) is 0 Å². The second kappa shape index (κ2) is 10.6. The number of carbonyl (C=O) groups excluding carboxylic acids is 1. The lowest BCUT2D eigenvalue weighted by molar-refractivity contribution is -0.139. The summed E-state index contributed by atoms with van der Waals surface area (Å²) in [5.74, 6) is -1.27. The minimum atomic E-state index is -4.49. The summed E-state index contributed by atoms with van der Waals surface area (Å²) in [5.41, 5.74) is 3.91. The zero-order chi connectivity index (χ0) is 23.2. The first-order valence-corrected chi connectivity index (χ1v) is 11.7. The van der Waals surface area contributed by atoms with E-state index in [0.29, 0.717) is 5.56 Å². The molecule has 0 saturated heterocycles. The zero-order valence-electron chi connectivity index (χ0n) is 17.9. The average Bonchev–Trinajstić information content (AvgIpc) is 2.66. The molecule has 0 aliphatic rings. The predicted molar refractivity (Wildman–Crippen MR) is 119 cm³/mol. The van der Waals surface area contributed by atoms with Gasteiger partial charge in [0.1, 0.15) is 12.3 Å². The number of hydrogen-bond acceptors (Lipinski definition) is 3. The molecule has 2 aromatic carbocycles. The topological polar surface area (TPSA) is 127 Å². The van der Waals surface area contributed by atoms with Crippen molar-refractivity contribution >= 4 is 19.6 Å². The molecular formula is C22H29N2O6P. The minimum Gasteiger partial charge on any atom is -0.480 e. The Morgan fingerprint density at radius 2 is 1.52 bits per heavy atom. The second-order valence-corrected chi connectivity index (χ2v) is 9.64. The van der Waals surface area contributed by atoms with Crippen molar-refractivity contribution < 1.29 is 29.0 Å². The Morgan fingerprint density at radius 1 is 1.00 bits per heavy atom. The van der Waals surface area contributed by atoms with Crippen molar-refractivity contribution in [2.24, 2.45) is 5.92 Å². The number of carbonyl (C=O) groups is 2. The summed E-state index contributed by atoms with van der Waals surface area (Å²) in [7, 11) is -4.49. The largest absolute Gasteiger partial charge is 0.480 e. The number of aryl methyl sites for hydroxylation is 1. The molecule has 0 heterocycles. The molecule has 0 aliphatic heterocycles. The van der Waals surface area contributed by atoms with E-state index in [0.717, 1.165) is 21.6 Å². The van der Waals surface area contributed by atoms with E-state index < -0.39 is 31.9 Å². The lowest BCUT2D eigenvalue weighted by Crippen LogP contribution is -2.50. The SMILES string of the molecule is Cc1ccc(-c2ccc(C[C@H](NC(=O)N(CC(C)C)CP(=O)(O)O)C(=O)O)cc2)cc1. The molecule has 0 radical (unpaired) electrons. The maximum atomic E-state index is 12.5. The molecule has 4 N–H and O–H groups in total. The fourth-order valence-electron chi connectivity index (χ4n) is 3.12. The van der Waals surface area contributed by atoms with E-state index in [1.165, 1.54) is 0 Å². The molecule has 2 amide bonds. The third-order valence-corrected chi connectivity index (χ3v) is 5.31. The van der Waals surface area contributed by atoms with Gasteiger partial charge in [-0.25, -0.2) is 9.59 Å². The first kappa shape index (κ1) is 24.6. The van der Waals surface area contributed by atoms with E-state index in [9.17, 15) is 29.0 Å². The fraction of sp³-hybridized carbons (Fsp3) is 0.364. The van der Waals surface area contributed by atoms with E-state index in [1.807, 2.05) is 43.3 Å². The Morgan fingerprint density at radius 3 is 1.97 bits per heavy atom. The number of carboxylic acid groups (broad SMARTS) is 1. The quantitative estimate of drug-likeness (QED) is 0.435. The number of urea groups is 1. The van der Waals surface area contributed by atoms with Crippen molar-refractivity contribution in [2.75, 3.05) is 12.8 Å². The molecule has 31 heavy (non-hydrogen) atoms. The van der Waals surface area contributed by atoms with Crippen LogP contribution >= 0.6 is 7.60 Å². The van der Waals surface area contributed by atoms with Crippen molar-refractivity contribution in [1.29, 1.82) is 0 Å². The molecule has 0 saturated carbocycles. The number of rotatable bonds is 9. The smallest absolute Gasteiger partial charge is 0.344 e. The van der Waals surface area contributed by atoms with Crippen LogP contribution in [0.15, 0.2) is 48.5 Å². The van der Waals surface area contributed by atoms with E-state index in [4.69, 9.17) is 0 Å². The van der Waals surface area contributed by atoms with Crippen LogP contribution in [0.2, 0.25) is 0 Å². The van der Waals surface area contributed by atoms with Gasteiger partial charge in [0.15, 0.2) is 0 Å². The van der Waals surface area contributed by atoms with Crippen molar-refractivity contribution in [2.45, 2.75) is 33.2 Å². The van der Waals surface area contributed by atoms with Gasteiger partial charge in [-0.3, -0.25) is 4.57 Å². The van der Waals surface area contributed by atoms with Crippen LogP contribution < -0.4 is 5.32 Å². The maximum absolute atomic E-state index is 12.5. The molecule has 2 rings (SSSR count). The van der Waals surface area contributed by atoms with Gasteiger partial charge in [0.2, 0.25) is 0 Å². The van der Waals surface area contributed by atoms with Crippen LogP contribution in [-0.2, 0) is 15.8 Å². The van der Waals surface area contributed by atoms with Crippen molar-refractivity contribution in [3.63, 3.8) is 0 Å². The van der Waals surface area contributed by atoms with Crippen molar-refractivity contribution in [1.82, 2.24) is 10.2 Å². The number of aliphatic carboxylic acids is 1. The van der Waals surface area contributed by atoms with Crippen LogP contribution in [0.4, 0.5) is 4.79 Å². The Hall–Kier alpha value is -2.67. The Labute approximate surface area is 182 Å². The molecule has 0 aromatic heterocycles. The lowest BCUT2D eigenvalue weighted by Gasteiger charge is -2.27. The van der Waals surface area contributed by atoms with Gasteiger partial charge in [0.25, 0.3) is 0 Å². The maximum Gasteiger partial charge on any atom is 0.344 e. The van der Waals surface area contributed by atoms with Crippen molar-refractivity contribution in [3.8, 4) is 11.1 Å². The minimum absolute atomic E-state index is 0.0423. The molecule has 8 nitrogen and oxygen atoms in total. The van der Waals surface area contributed by atoms with Crippen LogP contribution in [0, 0.1) is 12.8 Å². The molecule has 0 bridgehead atoms. The normalized spacial score (nSPS) is 12.5. The highest BCUT2D eigenvalue weighted by Crippen LogP contribution is 2.35. The Bertz CT molecular complexity index is 937. The number of amides is 2. The summed E-state index contributed by atoms with van der Waals surface area (Å²) in [5, 5.41) is 11.9. The number of carboxylic acids is 1. The van der Waals surface area contributed by atoms with Gasteiger partial charge in [0.05, 0.1) is 0 Å². The second-order valence-electron chi connectivity index (χ2n) is 8.03. The van der Waals surface area contributed by atoms with Gasteiger partial charge in [-0.15, -0.1) is 0 Å². The van der Waals surface area contributed by atoms with Crippen LogP contribution in [0.1, 0.15) is 25.0 Å². The Kier molecular flexibility index (Phi) is 8.39. The zero-order valence-corrected chi connectivity index (χ0v) is 18.8. The van der Waals surface area contributed by atoms with Gasteiger partial charge in [0, 0.05) is 13.0 Å². The number of benzene rings is 2. The van der Waals surface area contributed by atoms with Gasteiger partial charge in [-0.05, 0) is 29.5 Å². The van der Waals surface area contributed by atoms with E-state index >= 15 is 0 Å². The average molecular weight is 448 g/mol. The van der Waals surface area contributed by atoms with Gasteiger partial charge < -0.3 is 25.1 Å². The molecule has 0 aliphatic carbocycles. The molecule has 168 valence electrons. The number of nitrogens with zero attached hydrogens (tertiary/aromatic N) is 1. The standard InChI is InChI=1S/C22H29N2O6P/c1-15(2)13-24(14-31(28,29)30)22(27)23-20(21(25)26)12-17-6-10-19(11-7-17)18-8-4-16(3)5-9-18/h4-11,15,20H,12-14H2,1-3H3,(H,23,27)(H,25,26)(H2,28,29,30)/t20-/m0/s1. The van der Waals surface area contributed by atoms with Crippen molar-refractivity contribution in [3.05, 3.63) is 59.7 Å². The highest BCUT2D eigenvalue weighted by Gasteiger charge is 2.28. The third kappa shape index (κ3) is 8.17. The van der Waals surface area contributed by atoms with Crippen LogP contribution in [0.25, 0.3) is 11.1 Å². The van der Waals surface area contributed by atoms with Crippen LogP contribution in [0.5, 0.6) is 0 Å². The predicted octanol–water partition coefficient (Wildman–Crippen LogP) is 3.46. The fourth-order valence-corrected chi connectivity index (χ4v) is 3.81. The van der Waals surface area contributed by atoms with Gasteiger partial charge in [-0.2, -0.15) is 0 Å². The first-order valence-electron chi connectivity index (χ1n) is 9.93. The van der Waals surface area contributed by atoms with E-state index in [2.05, 4.69) is 5.32 Å². The summed E-state index contributed by atoms with van der Waals surface area (Å²) in [4.78, 5) is 43.7.